The van der Waals surface area contributed by atoms with E-state index in [9.17, 15) is 0 Å². The van der Waals surface area contributed by atoms with Gasteiger partial charge in [-0.1, -0.05) is 257 Å². The molecule has 418 valence electrons. The molecular weight excluding hydrogens is 1180 g/mol. The van der Waals surface area contributed by atoms with Crippen LogP contribution in [-0.2, 0) is 153 Å². The fourth-order valence-electron chi connectivity index (χ4n) is 5.79. The molecule has 0 aliphatic carbocycles. The summed E-state index contributed by atoms with van der Waals surface area (Å²) in [5.74, 6) is 0. The third-order valence-corrected chi connectivity index (χ3v) is 19.0. The molecule has 0 fully saturated rings. The minimum Gasteiger partial charge on any atom is -0.691 e. The number of rotatable bonds is 48. The summed E-state index contributed by atoms with van der Waals surface area (Å²) in [5, 5.41) is 0. The first-order valence-electron chi connectivity index (χ1n) is 26.9. The topological polar surface area (TPSA) is 73.8 Å². The molecule has 0 aromatic rings. The molecule has 0 N–H and O–H groups in total. The molecule has 0 rings (SSSR count). The maximum absolute atomic E-state index is 5.50. The van der Waals surface area contributed by atoms with Crippen molar-refractivity contribution in [3.63, 3.8) is 0 Å². The van der Waals surface area contributed by atoms with Crippen LogP contribution in [-0.4, -0.2) is 52.9 Å². The first-order chi connectivity index (χ1) is 32.5. The van der Waals surface area contributed by atoms with Crippen LogP contribution in [0.5, 0.6) is 0 Å². The summed E-state index contributed by atoms with van der Waals surface area (Å²) in [6.07, 6.45) is 37.8. The molecule has 0 saturated carbocycles. The Morgan fingerprint density at radius 2 is 0.319 bits per heavy atom. The standard InChI is InChI=1S/4C12H27O2PS2.Mo/c4*1-3-5-7-9-11-13-15(16,17)14-12-10-8-6-4-2;/h4*3-12H2,1-2H3,(H,16,17);/q;;;;+4/p-4. The van der Waals surface area contributed by atoms with Crippen LogP contribution in [0.3, 0.4) is 0 Å². The molecule has 0 aliphatic rings. The second kappa shape index (κ2) is 63.2. The second-order valence-corrected chi connectivity index (χ2v) is 36.9. The summed E-state index contributed by atoms with van der Waals surface area (Å²) in [7, 11) is 0. The zero-order valence-electron chi connectivity index (χ0n) is 45.0. The molecule has 0 aromatic carbocycles. The fraction of sp³-hybridized carbons (Fsp3) is 1.00. The van der Waals surface area contributed by atoms with Gasteiger partial charge in [-0.25, -0.2) is 0 Å². The van der Waals surface area contributed by atoms with E-state index in [2.05, 4.69) is 55.4 Å². The van der Waals surface area contributed by atoms with Crippen LogP contribution >= 0.6 is 22.8 Å². The van der Waals surface area contributed by atoms with Crippen molar-refractivity contribution in [2.75, 3.05) is 52.9 Å². The summed E-state index contributed by atoms with van der Waals surface area (Å²) in [4.78, 5) is 0. The Labute approximate surface area is 485 Å². The summed E-state index contributed by atoms with van der Waals surface area (Å²) in [5.41, 5.74) is -9.49. The van der Waals surface area contributed by atoms with Crippen LogP contribution in [0.1, 0.15) is 261 Å². The summed E-state index contributed by atoms with van der Waals surface area (Å²) in [6, 6.07) is 0. The molecule has 0 aromatic heterocycles. The van der Waals surface area contributed by atoms with Gasteiger partial charge in [0.15, 0.2) is 0 Å². The SMILES string of the molecule is CCCCCCOP(=S)([S-])OCCCCCC.CCCCCCOP(=S)([S-])OCCCCCC.CCCCCCOP(=S)([S-])OCCCCCC.CCCCCCOP(=S)([S-])OCCCCCC.[Mo+4]. The zero-order chi connectivity index (χ0) is 51.9. The van der Waals surface area contributed by atoms with Crippen molar-refractivity contribution in [3.8, 4) is 0 Å². The fourth-order valence-corrected chi connectivity index (χ4v) is 12.5. The van der Waals surface area contributed by atoms with Crippen LogP contribution in [0.25, 0.3) is 0 Å². The summed E-state index contributed by atoms with van der Waals surface area (Å²) < 4.78 is 44.0. The molecule has 0 atom stereocenters. The first kappa shape index (κ1) is 82.2. The van der Waals surface area contributed by atoms with Crippen LogP contribution in [0.2, 0.25) is 0 Å². The predicted molar refractivity (Wildman–Crippen MR) is 327 cm³/mol. The van der Waals surface area contributed by atoms with E-state index in [1.807, 2.05) is 0 Å². The second-order valence-electron chi connectivity index (χ2n) is 16.9. The van der Waals surface area contributed by atoms with Gasteiger partial charge >= 0.3 is 21.1 Å². The van der Waals surface area contributed by atoms with E-state index < -0.39 is 22.8 Å². The average Bonchev–Trinajstić information content (AvgIpc) is 3.29. The Bertz CT molecular complexity index is 962. The van der Waals surface area contributed by atoms with Crippen molar-refractivity contribution < 1.29 is 57.3 Å². The smallest absolute Gasteiger partial charge is 0.691 e. The molecule has 0 saturated heterocycles. The summed E-state index contributed by atoms with van der Waals surface area (Å²) >= 11 is 41.4. The molecule has 0 heterocycles. The van der Waals surface area contributed by atoms with Crippen LogP contribution in [0, 0.1) is 0 Å². The Kier molecular flexibility index (Phi) is 75.3. The largest absolute Gasteiger partial charge is 4.00 e. The van der Waals surface area contributed by atoms with Crippen LogP contribution in [0.4, 0.5) is 0 Å². The van der Waals surface area contributed by atoms with Gasteiger partial charge < -0.3 is 85.2 Å². The van der Waals surface area contributed by atoms with Gasteiger partial charge in [-0.05, 0) is 51.4 Å². The van der Waals surface area contributed by atoms with E-state index in [0.717, 1.165) is 51.4 Å². The Balaban J connectivity index is -0.000000263. The van der Waals surface area contributed by atoms with Gasteiger partial charge in [-0.2, -0.15) is 0 Å². The van der Waals surface area contributed by atoms with Gasteiger partial charge in [0.1, 0.15) is 0 Å². The van der Waals surface area contributed by atoms with Gasteiger partial charge in [0.2, 0.25) is 0 Å². The van der Waals surface area contributed by atoms with E-state index in [1.165, 1.54) is 154 Å². The van der Waals surface area contributed by atoms with Crippen molar-refractivity contribution in [3.05, 3.63) is 0 Å². The van der Waals surface area contributed by atoms with Crippen molar-refractivity contribution in [2.24, 2.45) is 0 Å². The van der Waals surface area contributed by atoms with E-state index in [4.69, 9.17) is 132 Å². The minimum atomic E-state index is -2.37. The predicted octanol–water partition coefficient (Wildman–Crippen LogP) is 19.8. The molecule has 0 bridgehead atoms. The molecule has 0 radical (unpaired) electrons. The average molecular weight is 1290 g/mol. The molecule has 0 amide bonds. The van der Waals surface area contributed by atoms with E-state index >= 15 is 0 Å². The van der Waals surface area contributed by atoms with Gasteiger partial charge in [-0.3, -0.25) is 0 Å². The number of hydrogen-bond acceptors (Lipinski definition) is 16. The van der Waals surface area contributed by atoms with Crippen molar-refractivity contribution in [1.82, 2.24) is 0 Å². The first-order valence-corrected chi connectivity index (χ1v) is 41.5. The number of unbranched alkanes of at least 4 members (excludes halogenated alkanes) is 24. The van der Waals surface area contributed by atoms with Crippen molar-refractivity contribution >= 4 is 119 Å². The van der Waals surface area contributed by atoms with Gasteiger partial charge in [0.25, 0.3) is 0 Å². The third-order valence-electron chi connectivity index (χ3n) is 9.98. The van der Waals surface area contributed by atoms with Gasteiger partial charge in [-0.15, -0.1) is 0 Å². The molecular formula is C48H104MoO8P4S8. The van der Waals surface area contributed by atoms with E-state index in [0.29, 0.717) is 52.9 Å². The Hall–Kier alpha value is 4.37. The quantitative estimate of drug-likeness (QED) is 0.0251. The normalized spacial score (nSPS) is 11.8. The van der Waals surface area contributed by atoms with Gasteiger partial charge in [0.05, 0.1) is 75.6 Å². The van der Waals surface area contributed by atoms with Crippen molar-refractivity contribution in [1.29, 1.82) is 0 Å². The van der Waals surface area contributed by atoms with E-state index in [-0.39, 0.29) is 21.1 Å². The zero-order valence-corrected chi connectivity index (χ0v) is 57.1. The molecule has 69 heavy (non-hydrogen) atoms. The Morgan fingerprint density at radius 3 is 0.406 bits per heavy atom. The molecule has 21 heteroatoms. The monoisotopic (exact) mass is 1290 g/mol. The minimum absolute atomic E-state index is 0. The molecule has 0 aliphatic heterocycles. The van der Waals surface area contributed by atoms with Gasteiger partial charge in [0, 0.05) is 0 Å². The molecule has 0 unspecified atom stereocenters. The van der Waals surface area contributed by atoms with Crippen LogP contribution in [0.15, 0.2) is 0 Å². The Morgan fingerprint density at radius 1 is 0.217 bits per heavy atom. The third kappa shape index (κ3) is 76.7. The van der Waals surface area contributed by atoms with Crippen LogP contribution < -0.4 is 0 Å². The maximum atomic E-state index is 5.50. The number of hydrogen-bond donors (Lipinski definition) is 0. The maximum Gasteiger partial charge on any atom is 4.00 e. The van der Waals surface area contributed by atoms with Crippen molar-refractivity contribution in [2.45, 2.75) is 261 Å². The molecule has 8 nitrogen and oxygen atoms in total. The molecule has 0 spiro atoms. The summed E-state index contributed by atoms with van der Waals surface area (Å²) in [6.45, 7) is 22.8. The van der Waals surface area contributed by atoms with E-state index in [1.54, 1.807) is 0 Å².